The van der Waals surface area contributed by atoms with Crippen LogP contribution in [0.5, 0.6) is 0 Å². The van der Waals surface area contributed by atoms with Crippen LogP contribution in [0.4, 0.5) is 0 Å². The quantitative estimate of drug-likeness (QED) is 0.406. The summed E-state index contributed by atoms with van der Waals surface area (Å²) in [5.41, 5.74) is 0.0590. The van der Waals surface area contributed by atoms with E-state index in [1.807, 2.05) is 6.08 Å². The molecule has 0 spiro atoms. The standard InChI is InChI=1S/C21H28O3/c1-7-8-9-10-15-14(4)18(12-17(15)22)24-20(23)19-16(11-13(2)3)21(19,5)6/h7-9,11,16,18-19H,1,10,12H2,2-6H3/b9-8-/t16-,18+,19+/m1/s1/i2D3,3D3. The highest BCUT2D eigenvalue weighted by Gasteiger charge is 2.61. The van der Waals surface area contributed by atoms with Gasteiger partial charge in [-0.2, -0.15) is 0 Å². The Bertz CT molecular complexity index is 811. The van der Waals surface area contributed by atoms with E-state index in [-0.39, 0.29) is 12.2 Å². The Morgan fingerprint density at radius 1 is 1.46 bits per heavy atom. The van der Waals surface area contributed by atoms with Crippen LogP contribution in [0.25, 0.3) is 0 Å². The molecule has 0 radical (unpaired) electrons. The molecule has 3 heteroatoms. The minimum absolute atomic E-state index is 0.0717. The highest BCUT2D eigenvalue weighted by atomic mass is 16.5. The Labute approximate surface area is 153 Å². The molecule has 0 N–H and O–H groups in total. The lowest BCUT2D eigenvalue weighted by molar-refractivity contribution is -0.150. The maximum atomic E-state index is 12.8. The van der Waals surface area contributed by atoms with Gasteiger partial charge < -0.3 is 4.74 Å². The number of ether oxygens (including phenoxy) is 1. The highest BCUT2D eigenvalue weighted by Crippen LogP contribution is 2.60. The molecule has 0 saturated heterocycles. The average molecular weight is 334 g/mol. The second-order valence-electron chi connectivity index (χ2n) is 6.99. The van der Waals surface area contributed by atoms with Crippen LogP contribution in [0, 0.1) is 17.3 Å². The van der Waals surface area contributed by atoms with Gasteiger partial charge in [0.1, 0.15) is 6.10 Å². The Morgan fingerprint density at radius 3 is 2.79 bits per heavy atom. The van der Waals surface area contributed by atoms with Crippen LogP contribution < -0.4 is 0 Å². The monoisotopic (exact) mass is 334 g/mol. The van der Waals surface area contributed by atoms with Crippen LogP contribution in [-0.2, 0) is 14.3 Å². The molecule has 1 saturated carbocycles. The van der Waals surface area contributed by atoms with E-state index in [4.69, 9.17) is 13.0 Å². The van der Waals surface area contributed by atoms with E-state index < -0.39 is 48.6 Å². The predicted molar refractivity (Wildman–Crippen MR) is 96.4 cm³/mol. The summed E-state index contributed by atoms with van der Waals surface area (Å²) in [5.74, 6) is -1.84. The number of Topliss-reactive ketones (excluding diaryl/α,β-unsaturated/α-hetero) is 1. The third-order valence-electron chi connectivity index (χ3n) is 5.03. The zero-order valence-corrected chi connectivity index (χ0v) is 14.4. The van der Waals surface area contributed by atoms with Crippen LogP contribution in [0.3, 0.4) is 0 Å². The minimum atomic E-state index is -2.77. The van der Waals surface area contributed by atoms with Gasteiger partial charge in [0.05, 0.1) is 12.3 Å². The van der Waals surface area contributed by atoms with Crippen LogP contribution in [-0.4, -0.2) is 17.9 Å². The molecular formula is C21H28O3. The molecule has 2 aliphatic rings. The smallest absolute Gasteiger partial charge is 0.310 e. The number of hydrogen-bond donors (Lipinski definition) is 0. The molecule has 24 heavy (non-hydrogen) atoms. The zero-order valence-electron chi connectivity index (χ0n) is 20.4. The number of hydrogen-bond acceptors (Lipinski definition) is 3. The first-order chi connectivity index (χ1) is 13.6. The normalized spacial score (nSPS) is 33.0. The van der Waals surface area contributed by atoms with E-state index in [2.05, 4.69) is 6.58 Å². The number of rotatable bonds is 6. The highest BCUT2D eigenvalue weighted by molar-refractivity contribution is 6.00. The van der Waals surface area contributed by atoms with Crippen molar-refractivity contribution in [2.75, 3.05) is 0 Å². The first kappa shape index (κ1) is 11.6. The van der Waals surface area contributed by atoms with Crippen molar-refractivity contribution in [1.82, 2.24) is 0 Å². The molecule has 2 aliphatic carbocycles. The molecule has 0 unspecified atom stereocenters. The van der Waals surface area contributed by atoms with E-state index >= 15 is 0 Å². The van der Waals surface area contributed by atoms with E-state index in [9.17, 15) is 9.59 Å². The fourth-order valence-corrected chi connectivity index (χ4v) is 3.38. The topological polar surface area (TPSA) is 43.4 Å². The molecule has 3 atom stereocenters. The van der Waals surface area contributed by atoms with E-state index in [0.717, 1.165) is 0 Å². The molecule has 130 valence electrons. The molecule has 0 heterocycles. The van der Waals surface area contributed by atoms with Crippen molar-refractivity contribution in [3.8, 4) is 0 Å². The van der Waals surface area contributed by atoms with E-state index in [1.165, 1.54) is 6.08 Å². The average Bonchev–Trinajstić information content (AvgIpc) is 3.03. The fourth-order valence-electron chi connectivity index (χ4n) is 3.38. The summed E-state index contributed by atoms with van der Waals surface area (Å²) in [7, 11) is 0. The van der Waals surface area contributed by atoms with Crippen molar-refractivity contribution in [2.45, 2.75) is 53.4 Å². The summed E-state index contributed by atoms with van der Waals surface area (Å²) in [6.07, 6.45) is 6.23. The molecule has 0 aromatic heterocycles. The lowest BCUT2D eigenvalue weighted by atomic mass is 10.1. The molecule has 0 aliphatic heterocycles. The van der Waals surface area contributed by atoms with E-state index in [1.54, 1.807) is 32.9 Å². The van der Waals surface area contributed by atoms with Crippen molar-refractivity contribution < 1.29 is 22.6 Å². The summed E-state index contributed by atoms with van der Waals surface area (Å²) >= 11 is 0. The van der Waals surface area contributed by atoms with Crippen LogP contribution in [0.2, 0.25) is 0 Å². The van der Waals surface area contributed by atoms with Gasteiger partial charge in [-0.15, -0.1) is 0 Å². The van der Waals surface area contributed by atoms with Crippen LogP contribution >= 0.6 is 0 Å². The van der Waals surface area contributed by atoms with Gasteiger partial charge in [-0.05, 0) is 44.0 Å². The van der Waals surface area contributed by atoms with Gasteiger partial charge in [0.2, 0.25) is 0 Å². The molecule has 2 rings (SSSR count). The molecular weight excluding hydrogens is 300 g/mol. The summed E-state index contributed by atoms with van der Waals surface area (Å²) in [4.78, 5) is 25.1. The fraction of sp³-hybridized carbons (Fsp3) is 0.524. The van der Waals surface area contributed by atoms with Crippen molar-refractivity contribution in [3.05, 3.63) is 47.6 Å². The third kappa shape index (κ3) is 3.61. The summed E-state index contributed by atoms with van der Waals surface area (Å²) in [6.45, 7) is 3.33. The van der Waals surface area contributed by atoms with Crippen molar-refractivity contribution in [3.63, 3.8) is 0 Å². The maximum Gasteiger partial charge on any atom is 0.310 e. The van der Waals surface area contributed by atoms with Crippen molar-refractivity contribution in [2.24, 2.45) is 17.3 Å². The van der Waals surface area contributed by atoms with Gasteiger partial charge in [0.25, 0.3) is 0 Å². The first-order valence-electron chi connectivity index (χ1n) is 11.1. The van der Waals surface area contributed by atoms with Crippen LogP contribution in [0.1, 0.15) is 55.5 Å². The van der Waals surface area contributed by atoms with Crippen molar-refractivity contribution in [1.29, 1.82) is 0 Å². The van der Waals surface area contributed by atoms with Crippen LogP contribution in [0.15, 0.2) is 47.6 Å². The van der Waals surface area contributed by atoms with Gasteiger partial charge in [-0.25, -0.2) is 0 Å². The van der Waals surface area contributed by atoms with Gasteiger partial charge in [-0.1, -0.05) is 50.3 Å². The Balaban J connectivity index is 2.18. The number of esters is 1. The Hall–Kier alpha value is -1.90. The Morgan fingerprint density at radius 2 is 2.17 bits per heavy atom. The van der Waals surface area contributed by atoms with Gasteiger partial charge in [0, 0.05) is 13.8 Å². The minimum Gasteiger partial charge on any atom is -0.457 e. The number of carbonyl (C=O) groups excluding carboxylic acids is 2. The summed E-state index contributed by atoms with van der Waals surface area (Å²) in [5, 5.41) is 0. The van der Waals surface area contributed by atoms with Crippen molar-refractivity contribution >= 4 is 11.8 Å². The lowest BCUT2D eigenvalue weighted by Crippen LogP contribution is -2.20. The predicted octanol–water partition coefficient (Wildman–Crippen LogP) is 4.56. The molecule has 1 fully saturated rings. The third-order valence-corrected chi connectivity index (χ3v) is 5.03. The Kier molecular flexibility index (Phi) is 3.35. The lowest BCUT2D eigenvalue weighted by Gasteiger charge is -2.13. The number of carbonyl (C=O) groups is 2. The van der Waals surface area contributed by atoms with Gasteiger partial charge in [-0.3, -0.25) is 9.59 Å². The molecule has 0 bridgehead atoms. The second-order valence-corrected chi connectivity index (χ2v) is 6.99. The zero-order chi connectivity index (χ0) is 23.1. The van der Waals surface area contributed by atoms with Gasteiger partial charge in [0.15, 0.2) is 5.78 Å². The first-order valence-corrected chi connectivity index (χ1v) is 8.06. The molecule has 3 nitrogen and oxygen atoms in total. The largest absolute Gasteiger partial charge is 0.457 e. The molecule has 0 aromatic carbocycles. The summed E-state index contributed by atoms with van der Waals surface area (Å²) in [6, 6.07) is 0. The maximum absolute atomic E-state index is 12.8. The number of allylic oxidation sites excluding steroid dienone is 6. The summed E-state index contributed by atoms with van der Waals surface area (Å²) < 4.78 is 50.7. The molecule has 0 aromatic rings. The van der Waals surface area contributed by atoms with E-state index in [0.29, 0.717) is 17.6 Å². The van der Waals surface area contributed by atoms with Gasteiger partial charge >= 0.3 is 5.97 Å². The number of ketones is 1. The molecule has 0 amide bonds. The SMILES string of the molecule is [2H]C([2H])([2H])C(=C[C@@H]1[C@@H](C(=O)O[C@H]2CC(=O)C(C/C=C\C=C)=C2C)C1(C)C)C([2H])([2H])[2H]. The second kappa shape index (κ2) is 6.92.